The molecule has 0 aliphatic carbocycles. The summed E-state index contributed by atoms with van der Waals surface area (Å²) in [7, 11) is 0. The molecule has 1 saturated heterocycles. The van der Waals surface area contributed by atoms with Crippen LogP contribution in [-0.4, -0.2) is 52.2 Å². The summed E-state index contributed by atoms with van der Waals surface area (Å²) in [6.07, 6.45) is 1.69. The number of rotatable bonds is 4. The second-order valence-corrected chi connectivity index (χ2v) is 7.49. The van der Waals surface area contributed by atoms with Crippen LogP contribution in [0.2, 0.25) is 0 Å². The van der Waals surface area contributed by atoms with E-state index >= 15 is 0 Å². The van der Waals surface area contributed by atoms with E-state index in [2.05, 4.69) is 31.0 Å². The van der Waals surface area contributed by atoms with Gasteiger partial charge < -0.3 is 14.4 Å². The molecule has 1 aliphatic rings. The molecule has 0 spiro atoms. The first-order chi connectivity index (χ1) is 13.0. The Bertz CT molecular complexity index is 1020. The van der Waals surface area contributed by atoms with Gasteiger partial charge in [-0.2, -0.15) is 4.98 Å². The Morgan fingerprint density at radius 3 is 2.81 bits per heavy atom. The summed E-state index contributed by atoms with van der Waals surface area (Å²) in [5.74, 6) is 1.20. The Morgan fingerprint density at radius 2 is 2.07 bits per heavy atom. The van der Waals surface area contributed by atoms with Crippen molar-refractivity contribution in [1.82, 2.24) is 19.7 Å². The number of benzene rings is 1. The number of morpholine rings is 1. The average Bonchev–Trinajstić information content (AvgIpc) is 3.06. The fourth-order valence-corrected chi connectivity index (χ4v) is 3.32. The van der Waals surface area contributed by atoms with E-state index in [9.17, 15) is 4.79 Å². The zero-order valence-corrected chi connectivity index (χ0v) is 16.7. The molecule has 1 aliphatic heterocycles. The third-order valence-electron chi connectivity index (χ3n) is 4.22. The molecule has 4 rings (SSSR count). The third-order valence-corrected chi connectivity index (χ3v) is 4.71. The first kappa shape index (κ1) is 18.0. The van der Waals surface area contributed by atoms with Crippen molar-refractivity contribution in [2.45, 2.75) is 20.0 Å². The summed E-state index contributed by atoms with van der Waals surface area (Å²) in [5.41, 5.74) is 0.937. The lowest BCUT2D eigenvalue weighted by molar-refractivity contribution is 0.122. The van der Waals surface area contributed by atoms with Crippen LogP contribution in [0.5, 0.6) is 5.75 Å². The third kappa shape index (κ3) is 3.70. The molecular formula is C18H20BrN5O3. The molecule has 27 heavy (non-hydrogen) atoms. The van der Waals surface area contributed by atoms with Crippen molar-refractivity contribution in [3.05, 3.63) is 39.2 Å². The lowest BCUT2D eigenvalue weighted by Crippen LogP contribution is -2.38. The Balaban J connectivity index is 1.78. The van der Waals surface area contributed by atoms with Gasteiger partial charge in [-0.05, 0) is 32.0 Å². The van der Waals surface area contributed by atoms with Crippen LogP contribution in [0.3, 0.4) is 0 Å². The molecule has 0 unspecified atom stereocenters. The highest BCUT2D eigenvalue weighted by molar-refractivity contribution is 9.10. The Labute approximate surface area is 164 Å². The van der Waals surface area contributed by atoms with Crippen LogP contribution >= 0.6 is 15.9 Å². The molecule has 0 amide bonds. The van der Waals surface area contributed by atoms with Crippen molar-refractivity contribution in [1.29, 1.82) is 0 Å². The maximum atomic E-state index is 12.6. The van der Waals surface area contributed by atoms with Gasteiger partial charge in [0.2, 0.25) is 5.95 Å². The van der Waals surface area contributed by atoms with E-state index in [1.807, 2.05) is 36.9 Å². The fraction of sp³-hybridized carbons (Fsp3) is 0.389. The molecule has 0 saturated carbocycles. The van der Waals surface area contributed by atoms with Crippen LogP contribution in [0.15, 0.2) is 33.7 Å². The van der Waals surface area contributed by atoms with Crippen LogP contribution in [0.4, 0.5) is 5.95 Å². The number of H-pyrrole nitrogens is 1. The second-order valence-electron chi connectivity index (χ2n) is 6.58. The van der Waals surface area contributed by atoms with Crippen LogP contribution in [0, 0.1) is 0 Å². The summed E-state index contributed by atoms with van der Waals surface area (Å²) in [5, 5.41) is 4.96. The highest BCUT2D eigenvalue weighted by atomic mass is 79.9. The number of aromatic nitrogens is 4. The van der Waals surface area contributed by atoms with Crippen molar-refractivity contribution < 1.29 is 9.47 Å². The Morgan fingerprint density at radius 1 is 1.30 bits per heavy atom. The highest BCUT2D eigenvalue weighted by Crippen LogP contribution is 2.28. The van der Waals surface area contributed by atoms with Crippen LogP contribution in [-0.2, 0) is 4.74 Å². The number of nitrogens with one attached hydrogen (secondary N) is 1. The van der Waals surface area contributed by atoms with E-state index < -0.39 is 0 Å². The predicted molar refractivity (Wildman–Crippen MR) is 106 cm³/mol. The fourth-order valence-electron chi connectivity index (χ4n) is 2.98. The van der Waals surface area contributed by atoms with Crippen molar-refractivity contribution in [3.8, 4) is 11.4 Å². The lowest BCUT2D eigenvalue weighted by atomic mass is 10.3. The summed E-state index contributed by atoms with van der Waals surface area (Å²) in [6, 6.07) is 5.69. The van der Waals surface area contributed by atoms with Crippen molar-refractivity contribution in [2.24, 2.45) is 0 Å². The normalized spacial score (nSPS) is 14.9. The standard InChI is InChI=1S/C18H20BrN5O3/c1-11(2)27-15-9-12(19)3-4-14(15)24-10-13-16(22-24)20-18(21-17(13)25)23-5-7-26-8-6-23/h3-4,9-11H,5-8H2,1-2H3,(H,20,21,22,25). The smallest absolute Gasteiger partial charge is 0.263 e. The van der Waals surface area contributed by atoms with E-state index in [4.69, 9.17) is 9.47 Å². The monoisotopic (exact) mass is 433 g/mol. The molecule has 9 heteroatoms. The minimum absolute atomic E-state index is 0.0116. The molecule has 3 aromatic rings. The molecule has 1 N–H and O–H groups in total. The Kier molecular flexibility index (Phi) is 4.88. The van der Waals surface area contributed by atoms with Gasteiger partial charge in [0.15, 0.2) is 5.65 Å². The molecule has 142 valence electrons. The predicted octanol–water partition coefficient (Wildman–Crippen LogP) is 2.50. The zero-order valence-electron chi connectivity index (χ0n) is 15.1. The summed E-state index contributed by atoms with van der Waals surface area (Å²) in [6.45, 7) is 6.54. The molecule has 0 bridgehead atoms. The zero-order chi connectivity index (χ0) is 19.0. The molecule has 1 aromatic carbocycles. The minimum Gasteiger partial charge on any atom is -0.489 e. The minimum atomic E-state index is -0.212. The molecule has 2 aromatic heterocycles. The van der Waals surface area contributed by atoms with Crippen molar-refractivity contribution >= 4 is 32.9 Å². The summed E-state index contributed by atoms with van der Waals surface area (Å²) in [4.78, 5) is 22.0. The largest absolute Gasteiger partial charge is 0.489 e. The number of fused-ring (bicyclic) bond motifs is 1. The van der Waals surface area contributed by atoms with Gasteiger partial charge >= 0.3 is 0 Å². The van der Waals surface area contributed by atoms with E-state index in [-0.39, 0.29) is 11.7 Å². The van der Waals surface area contributed by atoms with Gasteiger partial charge in [-0.15, -0.1) is 5.10 Å². The number of ether oxygens (including phenoxy) is 2. The first-order valence-electron chi connectivity index (χ1n) is 8.80. The second kappa shape index (κ2) is 7.32. The van der Waals surface area contributed by atoms with E-state index in [1.54, 1.807) is 10.9 Å². The van der Waals surface area contributed by atoms with Crippen LogP contribution < -0.4 is 15.2 Å². The summed E-state index contributed by atoms with van der Waals surface area (Å²) >= 11 is 3.47. The molecular weight excluding hydrogens is 414 g/mol. The molecule has 3 heterocycles. The number of hydrogen-bond acceptors (Lipinski definition) is 6. The van der Waals surface area contributed by atoms with Gasteiger partial charge in [0, 0.05) is 23.8 Å². The number of nitrogens with zero attached hydrogens (tertiary/aromatic N) is 4. The topological polar surface area (TPSA) is 85.3 Å². The number of hydrogen-bond donors (Lipinski definition) is 1. The van der Waals surface area contributed by atoms with Gasteiger partial charge in [0.05, 0.1) is 19.3 Å². The number of aromatic amines is 1. The Hall–Kier alpha value is -2.39. The van der Waals surface area contributed by atoms with E-state index in [0.29, 0.717) is 49.0 Å². The molecule has 0 radical (unpaired) electrons. The maximum absolute atomic E-state index is 12.6. The SMILES string of the molecule is CC(C)Oc1cc(Br)ccc1-n1cc2c(=O)[nH]c(N3CCOCC3)nc2n1. The molecule has 0 atom stereocenters. The quantitative estimate of drug-likeness (QED) is 0.680. The van der Waals surface area contributed by atoms with Gasteiger partial charge in [-0.1, -0.05) is 15.9 Å². The number of anilines is 1. The summed E-state index contributed by atoms with van der Waals surface area (Å²) < 4.78 is 13.8. The highest BCUT2D eigenvalue weighted by Gasteiger charge is 2.18. The van der Waals surface area contributed by atoms with E-state index in [1.165, 1.54) is 0 Å². The van der Waals surface area contributed by atoms with Crippen molar-refractivity contribution in [2.75, 3.05) is 31.2 Å². The van der Waals surface area contributed by atoms with Crippen LogP contribution in [0.25, 0.3) is 16.7 Å². The van der Waals surface area contributed by atoms with Crippen molar-refractivity contribution in [3.63, 3.8) is 0 Å². The van der Waals surface area contributed by atoms with Crippen LogP contribution in [0.1, 0.15) is 13.8 Å². The molecule has 1 fully saturated rings. The van der Waals surface area contributed by atoms with Gasteiger partial charge in [-0.3, -0.25) is 9.78 Å². The van der Waals surface area contributed by atoms with E-state index in [0.717, 1.165) is 10.2 Å². The lowest BCUT2D eigenvalue weighted by Gasteiger charge is -2.26. The van der Waals surface area contributed by atoms with Gasteiger partial charge in [-0.25, -0.2) is 4.68 Å². The first-order valence-corrected chi connectivity index (χ1v) is 9.59. The van der Waals surface area contributed by atoms with Gasteiger partial charge in [0.25, 0.3) is 5.56 Å². The van der Waals surface area contributed by atoms with Gasteiger partial charge in [0.1, 0.15) is 16.8 Å². The average molecular weight is 434 g/mol. The maximum Gasteiger partial charge on any atom is 0.263 e. The number of halogens is 1. The molecule has 8 nitrogen and oxygen atoms in total.